The van der Waals surface area contributed by atoms with Crippen LogP contribution in [0.5, 0.6) is 5.75 Å². The van der Waals surface area contributed by atoms with Gasteiger partial charge in [0.1, 0.15) is 5.75 Å². The van der Waals surface area contributed by atoms with E-state index in [0.29, 0.717) is 25.2 Å². The average Bonchev–Trinajstić information content (AvgIpc) is 2.75. The van der Waals surface area contributed by atoms with Gasteiger partial charge >= 0.3 is 0 Å². The van der Waals surface area contributed by atoms with Crippen molar-refractivity contribution in [2.24, 2.45) is 10.7 Å². The van der Waals surface area contributed by atoms with Crippen molar-refractivity contribution in [3.63, 3.8) is 0 Å². The Morgan fingerprint density at radius 1 is 1.24 bits per heavy atom. The van der Waals surface area contributed by atoms with E-state index in [9.17, 15) is 0 Å². The van der Waals surface area contributed by atoms with Gasteiger partial charge in [-0.1, -0.05) is 43.9 Å². The quantitative estimate of drug-likeness (QED) is 0.497. The highest BCUT2D eigenvalue weighted by Crippen LogP contribution is 2.19. The van der Waals surface area contributed by atoms with E-state index in [4.69, 9.17) is 10.5 Å². The van der Waals surface area contributed by atoms with Gasteiger partial charge in [0.15, 0.2) is 5.96 Å². The SMILES string of the molecule is CCOc1ccccc1CN=C(N)NC1CCCCCC1. The third-order valence-corrected chi connectivity index (χ3v) is 3.90. The standard InChI is InChI=1S/C17H27N3O/c1-2-21-16-12-8-7-9-14(16)13-19-17(18)20-15-10-5-3-4-6-11-15/h7-9,12,15H,2-6,10-11,13H2,1H3,(H3,18,19,20). The molecule has 1 aliphatic carbocycles. The number of hydrogen-bond donors (Lipinski definition) is 2. The van der Waals surface area contributed by atoms with Gasteiger partial charge in [-0.2, -0.15) is 0 Å². The van der Waals surface area contributed by atoms with Crippen molar-refractivity contribution in [1.82, 2.24) is 5.32 Å². The summed E-state index contributed by atoms with van der Waals surface area (Å²) in [7, 11) is 0. The lowest BCUT2D eigenvalue weighted by Gasteiger charge is -2.16. The molecule has 1 saturated carbocycles. The summed E-state index contributed by atoms with van der Waals surface area (Å²) in [5, 5.41) is 3.37. The van der Waals surface area contributed by atoms with E-state index < -0.39 is 0 Å². The van der Waals surface area contributed by atoms with Crippen LogP contribution in [-0.2, 0) is 6.54 Å². The average molecular weight is 289 g/mol. The van der Waals surface area contributed by atoms with Crippen molar-refractivity contribution >= 4 is 5.96 Å². The summed E-state index contributed by atoms with van der Waals surface area (Å²) in [6, 6.07) is 8.48. The summed E-state index contributed by atoms with van der Waals surface area (Å²) in [4.78, 5) is 4.47. The predicted molar refractivity (Wildman–Crippen MR) is 87.6 cm³/mol. The van der Waals surface area contributed by atoms with Crippen LogP contribution in [-0.4, -0.2) is 18.6 Å². The van der Waals surface area contributed by atoms with Gasteiger partial charge < -0.3 is 15.8 Å². The second kappa shape index (κ2) is 8.55. The molecule has 1 fully saturated rings. The van der Waals surface area contributed by atoms with Gasteiger partial charge in [0.05, 0.1) is 13.2 Å². The molecule has 0 spiro atoms. The van der Waals surface area contributed by atoms with Gasteiger partial charge in [0, 0.05) is 11.6 Å². The molecule has 2 rings (SSSR count). The fourth-order valence-electron chi connectivity index (χ4n) is 2.78. The first-order valence-electron chi connectivity index (χ1n) is 8.06. The van der Waals surface area contributed by atoms with Crippen molar-refractivity contribution < 1.29 is 4.74 Å². The third kappa shape index (κ3) is 5.29. The zero-order valence-corrected chi connectivity index (χ0v) is 13.0. The summed E-state index contributed by atoms with van der Waals surface area (Å²) >= 11 is 0. The van der Waals surface area contributed by atoms with Crippen LogP contribution < -0.4 is 15.8 Å². The molecule has 0 heterocycles. The van der Waals surface area contributed by atoms with Gasteiger partial charge in [-0.05, 0) is 25.8 Å². The number of rotatable bonds is 5. The topological polar surface area (TPSA) is 59.6 Å². The first-order valence-corrected chi connectivity index (χ1v) is 8.06. The van der Waals surface area contributed by atoms with E-state index in [2.05, 4.69) is 10.3 Å². The summed E-state index contributed by atoms with van der Waals surface area (Å²) in [6.07, 6.45) is 7.67. The number of aliphatic imine (C=N–C) groups is 1. The lowest BCUT2D eigenvalue weighted by atomic mass is 10.1. The Morgan fingerprint density at radius 2 is 1.95 bits per heavy atom. The normalized spacial score (nSPS) is 17.3. The maximum atomic E-state index is 6.03. The Bertz CT molecular complexity index is 451. The molecular weight excluding hydrogens is 262 g/mol. The molecule has 4 nitrogen and oxygen atoms in total. The van der Waals surface area contributed by atoms with Crippen LogP contribution >= 0.6 is 0 Å². The van der Waals surface area contributed by atoms with Crippen molar-refractivity contribution in [3.05, 3.63) is 29.8 Å². The zero-order chi connectivity index (χ0) is 14.9. The van der Waals surface area contributed by atoms with Crippen molar-refractivity contribution in [2.45, 2.75) is 58.0 Å². The summed E-state index contributed by atoms with van der Waals surface area (Å²) in [5.74, 6) is 1.44. The van der Waals surface area contributed by atoms with E-state index in [1.54, 1.807) is 0 Å². The Kier molecular flexibility index (Phi) is 6.38. The van der Waals surface area contributed by atoms with E-state index in [1.807, 2.05) is 31.2 Å². The number of para-hydroxylation sites is 1. The second-order valence-electron chi connectivity index (χ2n) is 5.58. The number of guanidine groups is 1. The Labute approximate surface area is 127 Å². The van der Waals surface area contributed by atoms with Gasteiger partial charge in [0.25, 0.3) is 0 Å². The minimum absolute atomic E-state index is 0.485. The Hall–Kier alpha value is -1.71. The molecule has 21 heavy (non-hydrogen) atoms. The zero-order valence-electron chi connectivity index (χ0n) is 13.0. The largest absolute Gasteiger partial charge is 0.494 e. The lowest BCUT2D eigenvalue weighted by Crippen LogP contribution is -2.39. The van der Waals surface area contributed by atoms with Crippen LogP contribution in [0.2, 0.25) is 0 Å². The monoisotopic (exact) mass is 289 g/mol. The molecule has 0 radical (unpaired) electrons. The molecule has 1 aliphatic rings. The van der Waals surface area contributed by atoms with E-state index in [0.717, 1.165) is 11.3 Å². The number of ether oxygens (including phenoxy) is 1. The lowest BCUT2D eigenvalue weighted by molar-refractivity contribution is 0.336. The Balaban J connectivity index is 1.90. The highest BCUT2D eigenvalue weighted by molar-refractivity contribution is 5.78. The van der Waals surface area contributed by atoms with Crippen LogP contribution in [0.1, 0.15) is 51.0 Å². The van der Waals surface area contributed by atoms with E-state index in [-0.39, 0.29) is 0 Å². The van der Waals surface area contributed by atoms with Crippen LogP contribution in [0.15, 0.2) is 29.3 Å². The number of benzene rings is 1. The van der Waals surface area contributed by atoms with Crippen molar-refractivity contribution in [1.29, 1.82) is 0 Å². The molecule has 1 aromatic rings. The third-order valence-electron chi connectivity index (χ3n) is 3.90. The van der Waals surface area contributed by atoms with Crippen molar-refractivity contribution in [2.75, 3.05) is 6.61 Å². The molecule has 3 N–H and O–H groups in total. The molecule has 0 aromatic heterocycles. The van der Waals surface area contributed by atoms with E-state index >= 15 is 0 Å². The fourth-order valence-corrected chi connectivity index (χ4v) is 2.78. The molecule has 0 atom stereocenters. The minimum Gasteiger partial charge on any atom is -0.494 e. The van der Waals surface area contributed by atoms with Crippen LogP contribution in [0.25, 0.3) is 0 Å². The number of nitrogens with two attached hydrogens (primary N) is 1. The van der Waals surface area contributed by atoms with Gasteiger partial charge in [0.2, 0.25) is 0 Å². The van der Waals surface area contributed by atoms with Crippen LogP contribution in [0.3, 0.4) is 0 Å². The first kappa shape index (κ1) is 15.7. The predicted octanol–water partition coefficient (Wildman–Crippen LogP) is 3.21. The van der Waals surface area contributed by atoms with Crippen LogP contribution in [0, 0.1) is 0 Å². The Morgan fingerprint density at radius 3 is 2.67 bits per heavy atom. The summed E-state index contributed by atoms with van der Waals surface area (Å²) in [6.45, 7) is 3.21. The molecule has 0 aliphatic heterocycles. The highest BCUT2D eigenvalue weighted by Gasteiger charge is 2.12. The molecule has 0 unspecified atom stereocenters. The van der Waals surface area contributed by atoms with Gasteiger partial charge in [-0.3, -0.25) is 0 Å². The van der Waals surface area contributed by atoms with Crippen molar-refractivity contribution in [3.8, 4) is 5.75 Å². The van der Waals surface area contributed by atoms with Gasteiger partial charge in [-0.25, -0.2) is 4.99 Å². The summed E-state index contributed by atoms with van der Waals surface area (Å²) in [5.41, 5.74) is 7.10. The first-order chi connectivity index (χ1) is 10.3. The fraction of sp³-hybridized carbons (Fsp3) is 0.588. The molecule has 0 saturated heterocycles. The van der Waals surface area contributed by atoms with Crippen LogP contribution in [0.4, 0.5) is 0 Å². The smallest absolute Gasteiger partial charge is 0.189 e. The maximum absolute atomic E-state index is 6.03. The molecule has 1 aromatic carbocycles. The second-order valence-corrected chi connectivity index (χ2v) is 5.58. The highest BCUT2D eigenvalue weighted by atomic mass is 16.5. The molecule has 4 heteroatoms. The molecule has 116 valence electrons. The number of nitrogens with zero attached hydrogens (tertiary/aromatic N) is 1. The molecule has 0 bridgehead atoms. The minimum atomic E-state index is 0.485. The maximum Gasteiger partial charge on any atom is 0.189 e. The number of nitrogens with one attached hydrogen (secondary N) is 1. The summed E-state index contributed by atoms with van der Waals surface area (Å²) < 4.78 is 5.61. The molecule has 0 amide bonds. The van der Waals surface area contributed by atoms with E-state index in [1.165, 1.54) is 38.5 Å². The number of hydrogen-bond acceptors (Lipinski definition) is 2. The van der Waals surface area contributed by atoms with Gasteiger partial charge in [-0.15, -0.1) is 0 Å². The molecular formula is C17H27N3O.